The number of methoxy groups -OCH3 is 1. The molecule has 1 unspecified atom stereocenters. The normalized spacial score (nSPS) is 20.3. The Hall–Kier alpha value is -1.06. The van der Waals surface area contributed by atoms with Crippen LogP contribution in [-0.2, 0) is 11.3 Å². The molecule has 1 aromatic carbocycles. The summed E-state index contributed by atoms with van der Waals surface area (Å²) in [7, 11) is 1.65. The van der Waals surface area contributed by atoms with Crippen LogP contribution in [0.25, 0.3) is 0 Å². The highest BCUT2D eigenvalue weighted by molar-refractivity contribution is 5.38. The van der Waals surface area contributed by atoms with Gasteiger partial charge in [0.05, 0.1) is 26.9 Å². The van der Waals surface area contributed by atoms with Gasteiger partial charge in [-0.25, -0.2) is 0 Å². The maximum atomic E-state index is 9.15. The van der Waals surface area contributed by atoms with Crippen LogP contribution in [0.15, 0.2) is 18.2 Å². The summed E-state index contributed by atoms with van der Waals surface area (Å²) in [6, 6.07) is 5.90. The van der Waals surface area contributed by atoms with Gasteiger partial charge in [-0.3, -0.25) is 0 Å². The van der Waals surface area contributed by atoms with Crippen LogP contribution in [-0.4, -0.2) is 25.4 Å². The number of ether oxygens (including phenoxy) is 2. The summed E-state index contributed by atoms with van der Waals surface area (Å²) in [6.07, 6.45) is 0. The van der Waals surface area contributed by atoms with Gasteiger partial charge < -0.3 is 14.6 Å². The summed E-state index contributed by atoms with van der Waals surface area (Å²) >= 11 is 0. The average molecular weight is 194 g/mol. The zero-order valence-electron chi connectivity index (χ0n) is 8.19. The SMILES string of the molecule is COc1ccc2c(c1)COCC2CO. The number of aliphatic hydroxyl groups is 1. The number of benzene rings is 1. The molecule has 3 heteroatoms. The fraction of sp³-hybridized carbons (Fsp3) is 0.455. The first-order valence-electron chi connectivity index (χ1n) is 4.70. The van der Waals surface area contributed by atoms with Gasteiger partial charge in [-0.05, 0) is 23.3 Å². The molecule has 0 radical (unpaired) electrons. The zero-order valence-corrected chi connectivity index (χ0v) is 8.19. The van der Waals surface area contributed by atoms with Crippen LogP contribution >= 0.6 is 0 Å². The van der Waals surface area contributed by atoms with Crippen LogP contribution in [0.1, 0.15) is 17.0 Å². The van der Waals surface area contributed by atoms with Gasteiger partial charge in [0.2, 0.25) is 0 Å². The fourth-order valence-electron chi connectivity index (χ4n) is 1.78. The van der Waals surface area contributed by atoms with Crippen molar-refractivity contribution in [3.8, 4) is 5.75 Å². The first-order valence-corrected chi connectivity index (χ1v) is 4.70. The lowest BCUT2D eigenvalue weighted by atomic mass is 9.93. The van der Waals surface area contributed by atoms with Gasteiger partial charge >= 0.3 is 0 Å². The van der Waals surface area contributed by atoms with Crippen molar-refractivity contribution in [1.29, 1.82) is 0 Å². The van der Waals surface area contributed by atoms with Crippen molar-refractivity contribution in [1.82, 2.24) is 0 Å². The maximum Gasteiger partial charge on any atom is 0.119 e. The summed E-state index contributed by atoms with van der Waals surface area (Å²) in [5.41, 5.74) is 2.30. The summed E-state index contributed by atoms with van der Waals surface area (Å²) in [6.45, 7) is 1.36. The standard InChI is InChI=1S/C11H14O3/c1-13-10-2-3-11-8(4-10)6-14-7-9(11)5-12/h2-4,9,12H,5-7H2,1H3. The molecule has 3 nitrogen and oxygen atoms in total. The van der Waals surface area contributed by atoms with Crippen molar-refractivity contribution < 1.29 is 14.6 Å². The first-order chi connectivity index (χ1) is 6.85. The van der Waals surface area contributed by atoms with Crippen molar-refractivity contribution in [2.75, 3.05) is 20.3 Å². The van der Waals surface area contributed by atoms with E-state index >= 15 is 0 Å². The van der Waals surface area contributed by atoms with Gasteiger partial charge in [0.15, 0.2) is 0 Å². The Bertz CT molecular complexity index is 322. The Kier molecular flexibility index (Phi) is 2.70. The van der Waals surface area contributed by atoms with Crippen LogP contribution in [0.3, 0.4) is 0 Å². The predicted octanol–water partition coefficient (Wildman–Crippen LogP) is 1.30. The van der Waals surface area contributed by atoms with E-state index in [1.165, 1.54) is 5.56 Å². The number of fused-ring (bicyclic) bond motifs is 1. The minimum Gasteiger partial charge on any atom is -0.497 e. The van der Waals surface area contributed by atoms with E-state index in [1.807, 2.05) is 18.2 Å². The molecule has 76 valence electrons. The predicted molar refractivity (Wildman–Crippen MR) is 52.5 cm³/mol. The summed E-state index contributed by atoms with van der Waals surface area (Å²) < 4.78 is 10.5. The highest BCUT2D eigenvalue weighted by Gasteiger charge is 2.20. The molecule has 1 N–H and O–H groups in total. The molecule has 2 rings (SSSR count). The molecule has 0 saturated heterocycles. The number of rotatable bonds is 2. The number of hydrogen-bond acceptors (Lipinski definition) is 3. The lowest BCUT2D eigenvalue weighted by Gasteiger charge is -2.24. The lowest BCUT2D eigenvalue weighted by molar-refractivity contribution is 0.0720. The van der Waals surface area contributed by atoms with Gasteiger partial charge in [0.1, 0.15) is 5.75 Å². The molecule has 0 saturated carbocycles. The molecular weight excluding hydrogens is 180 g/mol. The number of aliphatic hydroxyl groups excluding tert-OH is 1. The van der Waals surface area contributed by atoms with E-state index in [-0.39, 0.29) is 12.5 Å². The topological polar surface area (TPSA) is 38.7 Å². The third-order valence-electron chi connectivity index (χ3n) is 2.59. The third kappa shape index (κ3) is 1.61. The molecule has 0 aromatic heterocycles. The Morgan fingerprint density at radius 2 is 2.43 bits per heavy atom. The molecule has 14 heavy (non-hydrogen) atoms. The van der Waals surface area contributed by atoms with Crippen molar-refractivity contribution in [2.45, 2.75) is 12.5 Å². The molecule has 1 aliphatic rings. The third-order valence-corrected chi connectivity index (χ3v) is 2.59. The Labute approximate surface area is 83.3 Å². The highest BCUT2D eigenvalue weighted by Crippen LogP contribution is 2.29. The molecular formula is C11H14O3. The van der Waals surface area contributed by atoms with Crippen LogP contribution in [0.5, 0.6) is 5.75 Å². The quantitative estimate of drug-likeness (QED) is 0.771. The zero-order chi connectivity index (χ0) is 9.97. The summed E-state index contributed by atoms with van der Waals surface area (Å²) in [5, 5.41) is 9.15. The average Bonchev–Trinajstić information content (AvgIpc) is 2.27. The van der Waals surface area contributed by atoms with Crippen LogP contribution in [0.4, 0.5) is 0 Å². The van der Waals surface area contributed by atoms with E-state index < -0.39 is 0 Å². The lowest BCUT2D eigenvalue weighted by Crippen LogP contribution is -2.19. The monoisotopic (exact) mass is 194 g/mol. The largest absolute Gasteiger partial charge is 0.497 e. The van der Waals surface area contributed by atoms with E-state index in [9.17, 15) is 0 Å². The van der Waals surface area contributed by atoms with E-state index in [0.717, 1.165) is 11.3 Å². The minimum atomic E-state index is 0.115. The van der Waals surface area contributed by atoms with Crippen LogP contribution in [0, 0.1) is 0 Å². The van der Waals surface area contributed by atoms with E-state index in [1.54, 1.807) is 7.11 Å². The molecule has 1 aliphatic heterocycles. The van der Waals surface area contributed by atoms with Crippen LogP contribution in [0.2, 0.25) is 0 Å². The fourth-order valence-corrected chi connectivity index (χ4v) is 1.78. The molecule has 1 atom stereocenters. The van der Waals surface area contributed by atoms with Crippen molar-refractivity contribution >= 4 is 0 Å². The second-order valence-electron chi connectivity index (χ2n) is 3.46. The van der Waals surface area contributed by atoms with Crippen molar-refractivity contribution in [2.24, 2.45) is 0 Å². The second-order valence-corrected chi connectivity index (χ2v) is 3.46. The smallest absolute Gasteiger partial charge is 0.119 e. The van der Waals surface area contributed by atoms with E-state index in [2.05, 4.69) is 0 Å². The van der Waals surface area contributed by atoms with Gasteiger partial charge in [-0.15, -0.1) is 0 Å². The second kappa shape index (κ2) is 3.98. The Morgan fingerprint density at radius 1 is 1.57 bits per heavy atom. The molecule has 0 amide bonds. The van der Waals surface area contributed by atoms with E-state index in [4.69, 9.17) is 14.6 Å². The Balaban J connectivity index is 2.35. The van der Waals surface area contributed by atoms with Gasteiger partial charge in [0.25, 0.3) is 0 Å². The highest BCUT2D eigenvalue weighted by atomic mass is 16.5. The van der Waals surface area contributed by atoms with Gasteiger partial charge in [-0.2, -0.15) is 0 Å². The first kappa shape index (κ1) is 9.49. The molecule has 0 bridgehead atoms. The molecule has 1 aromatic rings. The van der Waals surface area contributed by atoms with E-state index in [0.29, 0.717) is 13.2 Å². The molecule has 1 heterocycles. The van der Waals surface area contributed by atoms with Gasteiger partial charge in [-0.1, -0.05) is 6.07 Å². The van der Waals surface area contributed by atoms with Crippen molar-refractivity contribution in [3.63, 3.8) is 0 Å². The Morgan fingerprint density at radius 3 is 3.14 bits per heavy atom. The number of hydrogen-bond donors (Lipinski definition) is 1. The molecule has 0 aliphatic carbocycles. The molecule has 0 spiro atoms. The van der Waals surface area contributed by atoms with Crippen molar-refractivity contribution in [3.05, 3.63) is 29.3 Å². The minimum absolute atomic E-state index is 0.115. The molecule has 0 fully saturated rings. The van der Waals surface area contributed by atoms with Crippen LogP contribution < -0.4 is 4.74 Å². The maximum absolute atomic E-state index is 9.15. The summed E-state index contributed by atoms with van der Waals surface area (Å²) in [4.78, 5) is 0. The van der Waals surface area contributed by atoms with Gasteiger partial charge in [0, 0.05) is 5.92 Å². The summed E-state index contributed by atoms with van der Waals surface area (Å²) in [5.74, 6) is 0.954.